The van der Waals surface area contributed by atoms with E-state index < -0.39 is 10.0 Å². The molecule has 2 aromatic carbocycles. The van der Waals surface area contributed by atoms with E-state index in [1.54, 1.807) is 62.2 Å². The van der Waals surface area contributed by atoms with E-state index >= 15 is 0 Å². The van der Waals surface area contributed by atoms with Crippen molar-refractivity contribution < 1.29 is 18.0 Å². The zero-order chi connectivity index (χ0) is 24.7. The van der Waals surface area contributed by atoms with Gasteiger partial charge in [0.15, 0.2) is 0 Å². The number of carbonyl (C=O) groups is 2. The summed E-state index contributed by atoms with van der Waals surface area (Å²) in [6, 6.07) is 13.0. The van der Waals surface area contributed by atoms with Crippen molar-refractivity contribution in [3.8, 4) is 0 Å². The van der Waals surface area contributed by atoms with Gasteiger partial charge in [-0.05, 0) is 49.7 Å². The van der Waals surface area contributed by atoms with Gasteiger partial charge in [-0.2, -0.15) is 4.31 Å². The SMILES string of the molecule is CC(C)N(C)S(=O)(=O)c1ccc(CNC(=O)c2cccc(NC(=O)CCn3ccnc3)c2)cc1. The molecule has 3 rings (SSSR count). The first-order chi connectivity index (χ1) is 16.2. The molecule has 2 amide bonds. The minimum absolute atomic E-state index is 0.152. The molecule has 0 spiro atoms. The highest BCUT2D eigenvalue weighted by molar-refractivity contribution is 7.89. The lowest BCUT2D eigenvalue weighted by Gasteiger charge is -2.21. The summed E-state index contributed by atoms with van der Waals surface area (Å²) in [4.78, 5) is 28.9. The molecular weight excluding hydrogens is 454 g/mol. The summed E-state index contributed by atoms with van der Waals surface area (Å²) in [5, 5.41) is 5.61. The molecule has 0 aliphatic rings. The summed E-state index contributed by atoms with van der Waals surface area (Å²) < 4.78 is 28.3. The lowest BCUT2D eigenvalue weighted by molar-refractivity contribution is -0.116. The van der Waals surface area contributed by atoms with E-state index in [4.69, 9.17) is 0 Å². The minimum atomic E-state index is -3.55. The second-order valence-electron chi connectivity index (χ2n) is 8.12. The lowest BCUT2D eigenvalue weighted by Crippen LogP contribution is -2.33. The van der Waals surface area contributed by atoms with Gasteiger partial charge in [0, 0.05) is 56.2 Å². The van der Waals surface area contributed by atoms with E-state index in [9.17, 15) is 18.0 Å². The van der Waals surface area contributed by atoms with Crippen LogP contribution in [-0.2, 0) is 27.9 Å². The molecule has 0 saturated carbocycles. The average Bonchev–Trinajstić information content (AvgIpc) is 3.35. The highest BCUT2D eigenvalue weighted by Crippen LogP contribution is 2.17. The van der Waals surface area contributed by atoms with Crippen molar-refractivity contribution in [2.24, 2.45) is 0 Å². The van der Waals surface area contributed by atoms with Crippen LogP contribution in [0.5, 0.6) is 0 Å². The van der Waals surface area contributed by atoms with E-state index in [0.717, 1.165) is 5.56 Å². The smallest absolute Gasteiger partial charge is 0.251 e. The molecule has 0 atom stereocenters. The summed E-state index contributed by atoms with van der Waals surface area (Å²) in [6.45, 7) is 4.37. The largest absolute Gasteiger partial charge is 0.348 e. The molecule has 0 saturated heterocycles. The Morgan fingerprint density at radius 2 is 1.85 bits per heavy atom. The molecule has 2 N–H and O–H groups in total. The molecule has 3 aromatic rings. The summed E-state index contributed by atoms with van der Waals surface area (Å²) >= 11 is 0. The van der Waals surface area contributed by atoms with E-state index in [1.807, 2.05) is 18.4 Å². The summed E-state index contributed by atoms with van der Waals surface area (Å²) in [5.41, 5.74) is 1.71. The Morgan fingerprint density at radius 1 is 1.12 bits per heavy atom. The van der Waals surface area contributed by atoms with E-state index in [1.165, 1.54) is 16.4 Å². The monoisotopic (exact) mass is 483 g/mol. The number of anilines is 1. The number of nitrogens with zero attached hydrogens (tertiary/aromatic N) is 3. The van der Waals surface area contributed by atoms with Crippen LogP contribution in [0.1, 0.15) is 36.2 Å². The third kappa shape index (κ3) is 6.52. The number of hydrogen-bond donors (Lipinski definition) is 2. The number of rotatable bonds is 10. The minimum Gasteiger partial charge on any atom is -0.348 e. The van der Waals surface area contributed by atoms with Gasteiger partial charge >= 0.3 is 0 Å². The maximum atomic E-state index is 12.6. The van der Waals surface area contributed by atoms with E-state index in [0.29, 0.717) is 17.8 Å². The fraction of sp³-hybridized carbons (Fsp3) is 0.292. The predicted octanol–water partition coefficient (Wildman–Crippen LogP) is 2.87. The molecule has 10 heteroatoms. The van der Waals surface area contributed by atoms with Gasteiger partial charge in [0.2, 0.25) is 15.9 Å². The number of imidazole rings is 1. The Labute approximate surface area is 199 Å². The Morgan fingerprint density at radius 3 is 2.50 bits per heavy atom. The second kappa shape index (κ2) is 11.1. The number of sulfonamides is 1. The van der Waals surface area contributed by atoms with Crippen LogP contribution in [0.15, 0.2) is 72.1 Å². The molecular formula is C24H29N5O4S. The average molecular weight is 484 g/mol. The number of benzene rings is 2. The van der Waals surface area contributed by atoms with Crippen LogP contribution >= 0.6 is 0 Å². The Balaban J connectivity index is 1.55. The maximum absolute atomic E-state index is 12.6. The molecule has 0 aliphatic heterocycles. The second-order valence-corrected chi connectivity index (χ2v) is 10.1. The first-order valence-corrected chi connectivity index (χ1v) is 12.3. The lowest BCUT2D eigenvalue weighted by atomic mass is 10.1. The van der Waals surface area contributed by atoms with Gasteiger partial charge in [-0.3, -0.25) is 9.59 Å². The number of amides is 2. The van der Waals surface area contributed by atoms with Crippen LogP contribution in [0.3, 0.4) is 0 Å². The molecule has 9 nitrogen and oxygen atoms in total. The Kier molecular flexibility index (Phi) is 8.19. The van der Waals surface area contributed by atoms with Gasteiger partial charge in [-0.1, -0.05) is 18.2 Å². The quantitative estimate of drug-likeness (QED) is 0.460. The zero-order valence-electron chi connectivity index (χ0n) is 19.4. The first kappa shape index (κ1) is 25.1. The molecule has 1 aromatic heterocycles. The topological polar surface area (TPSA) is 113 Å². The normalized spacial score (nSPS) is 11.6. The number of aryl methyl sites for hydroxylation is 1. The molecule has 180 valence electrons. The fourth-order valence-corrected chi connectivity index (χ4v) is 4.49. The summed E-state index contributed by atoms with van der Waals surface area (Å²) in [6.07, 6.45) is 5.37. The number of nitrogens with one attached hydrogen (secondary N) is 2. The van der Waals surface area contributed by atoms with Crippen molar-refractivity contribution in [1.82, 2.24) is 19.2 Å². The van der Waals surface area contributed by atoms with E-state index in [2.05, 4.69) is 15.6 Å². The van der Waals surface area contributed by atoms with Gasteiger partial charge in [-0.15, -0.1) is 0 Å². The van der Waals surface area contributed by atoms with Crippen molar-refractivity contribution in [3.63, 3.8) is 0 Å². The molecule has 34 heavy (non-hydrogen) atoms. The zero-order valence-corrected chi connectivity index (χ0v) is 20.2. The predicted molar refractivity (Wildman–Crippen MR) is 130 cm³/mol. The van der Waals surface area contributed by atoms with Crippen LogP contribution in [0.25, 0.3) is 0 Å². The van der Waals surface area contributed by atoms with Crippen molar-refractivity contribution >= 4 is 27.5 Å². The van der Waals surface area contributed by atoms with Crippen molar-refractivity contribution in [2.75, 3.05) is 12.4 Å². The highest BCUT2D eigenvalue weighted by atomic mass is 32.2. The van der Waals surface area contributed by atoms with Crippen molar-refractivity contribution in [1.29, 1.82) is 0 Å². The van der Waals surface area contributed by atoms with Gasteiger partial charge in [0.05, 0.1) is 11.2 Å². The van der Waals surface area contributed by atoms with Gasteiger partial charge in [-0.25, -0.2) is 13.4 Å². The standard InChI is InChI=1S/C24H29N5O4S/c1-18(2)28(3)34(32,33)22-9-7-19(8-10-22)16-26-24(31)20-5-4-6-21(15-20)27-23(30)11-13-29-14-12-25-17-29/h4-10,12,14-15,17-18H,11,13,16H2,1-3H3,(H,26,31)(H,27,30). The number of hydrogen-bond acceptors (Lipinski definition) is 5. The van der Waals surface area contributed by atoms with Crippen LogP contribution < -0.4 is 10.6 Å². The van der Waals surface area contributed by atoms with Gasteiger partial charge in [0.1, 0.15) is 0 Å². The Bertz CT molecular complexity index is 1220. The fourth-order valence-electron chi connectivity index (χ4n) is 3.12. The summed E-state index contributed by atoms with van der Waals surface area (Å²) in [7, 11) is -2.01. The third-order valence-electron chi connectivity index (χ3n) is 5.35. The highest BCUT2D eigenvalue weighted by Gasteiger charge is 2.22. The molecule has 0 aliphatic carbocycles. The number of carbonyl (C=O) groups excluding carboxylic acids is 2. The first-order valence-electron chi connectivity index (χ1n) is 10.9. The van der Waals surface area contributed by atoms with Gasteiger partial charge < -0.3 is 15.2 Å². The van der Waals surface area contributed by atoms with Crippen LogP contribution in [0.4, 0.5) is 5.69 Å². The van der Waals surface area contributed by atoms with Gasteiger partial charge in [0.25, 0.3) is 5.91 Å². The van der Waals surface area contributed by atoms with Crippen molar-refractivity contribution in [3.05, 3.63) is 78.4 Å². The molecule has 0 radical (unpaired) electrons. The molecule has 0 bridgehead atoms. The van der Waals surface area contributed by atoms with Crippen molar-refractivity contribution in [2.45, 2.75) is 44.3 Å². The van der Waals surface area contributed by atoms with Crippen LogP contribution in [0.2, 0.25) is 0 Å². The Hall–Kier alpha value is -3.50. The van der Waals surface area contributed by atoms with Crippen LogP contribution in [0, 0.1) is 0 Å². The number of aromatic nitrogens is 2. The molecule has 0 unspecified atom stereocenters. The molecule has 1 heterocycles. The molecule has 0 fully saturated rings. The van der Waals surface area contributed by atoms with E-state index in [-0.39, 0.29) is 35.7 Å². The summed E-state index contributed by atoms with van der Waals surface area (Å²) in [5.74, 6) is -0.463. The third-order valence-corrected chi connectivity index (χ3v) is 7.39. The van der Waals surface area contributed by atoms with Crippen LogP contribution in [-0.4, -0.2) is 47.2 Å². The maximum Gasteiger partial charge on any atom is 0.251 e.